The van der Waals surface area contributed by atoms with Gasteiger partial charge in [-0.2, -0.15) is 0 Å². The fourth-order valence-corrected chi connectivity index (χ4v) is 3.56. The van der Waals surface area contributed by atoms with Crippen LogP contribution in [0.1, 0.15) is 43.0 Å². The molecule has 24 heavy (non-hydrogen) atoms. The number of amides is 2. The van der Waals surface area contributed by atoms with Gasteiger partial charge in [0.05, 0.1) is 11.5 Å². The lowest BCUT2D eigenvalue weighted by Gasteiger charge is -2.36. The molecule has 5 heteroatoms. The first-order valence-electron chi connectivity index (χ1n) is 8.90. The Bertz CT molecular complexity index is 600. The summed E-state index contributed by atoms with van der Waals surface area (Å²) >= 11 is 0. The first kappa shape index (κ1) is 17.0. The van der Waals surface area contributed by atoms with Crippen LogP contribution in [-0.2, 0) is 4.79 Å². The van der Waals surface area contributed by atoms with E-state index in [4.69, 9.17) is 5.73 Å². The second-order valence-electron chi connectivity index (χ2n) is 7.34. The van der Waals surface area contributed by atoms with Gasteiger partial charge in [0.15, 0.2) is 0 Å². The van der Waals surface area contributed by atoms with Crippen molar-refractivity contribution in [2.45, 2.75) is 38.1 Å². The lowest BCUT2D eigenvalue weighted by molar-refractivity contribution is -0.128. The highest BCUT2D eigenvalue weighted by Crippen LogP contribution is 2.39. The number of nitrogens with two attached hydrogens (primary N) is 1. The number of likely N-dealkylation sites (tertiary alicyclic amines) is 1. The van der Waals surface area contributed by atoms with Crippen LogP contribution in [0.25, 0.3) is 0 Å². The van der Waals surface area contributed by atoms with E-state index in [1.807, 2.05) is 37.3 Å². The van der Waals surface area contributed by atoms with Gasteiger partial charge in [0.2, 0.25) is 5.91 Å². The molecule has 0 aromatic heterocycles. The summed E-state index contributed by atoms with van der Waals surface area (Å²) in [4.78, 5) is 27.1. The molecular weight excluding hydrogens is 302 g/mol. The zero-order chi connectivity index (χ0) is 17.2. The van der Waals surface area contributed by atoms with Gasteiger partial charge in [0.1, 0.15) is 0 Å². The number of nitrogens with zero attached hydrogens (tertiary/aromatic N) is 1. The van der Waals surface area contributed by atoms with Crippen molar-refractivity contribution in [3.63, 3.8) is 0 Å². The highest BCUT2D eigenvalue weighted by molar-refractivity contribution is 5.94. The molecule has 2 amide bonds. The fourth-order valence-electron chi connectivity index (χ4n) is 3.56. The van der Waals surface area contributed by atoms with E-state index in [-0.39, 0.29) is 23.3 Å². The number of carbonyl (C=O) groups is 2. The number of carbonyl (C=O) groups excluding carboxylic acids is 2. The minimum Gasteiger partial charge on any atom is -0.349 e. The molecule has 5 nitrogen and oxygen atoms in total. The summed E-state index contributed by atoms with van der Waals surface area (Å²) in [6, 6.07) is 9.28. The maximum absolute atomic E-state index is 12.7. The van der Waals surface area contributed by atoms with Crippen molar-refractivity contribution in [1.29, 1.82) is 0 Å². The van der Waals surface area contributed by atoms with E-state index >= 15 is 0 Å². The molecule has 0 bridgehead atoms. The molecule has 1 aliphatic heterocycles. The van der Waals surface area contributed by atoms with Crippen LogP contribution in [0.3, 0.4) is 0 Å². The summed E-state index contributed by atoms with van der Waals surface area (Å²) in [5.74, 6) is 0.408. The SMILES string of the molecule is CC(CN)(NC(=O)C1CCCN(C(=O)c2ccccc2)C1)C1CC1. The third-order valence-corrected chi connectivity index (χ3v) is 5.41. The molecule has 1 heterocycles. The van der Waals surface area contributed by atoms with E-state index in [0.717, 1.165) is 25.7 Å². The molecule has 2 aliphatic rings. The maximum atomic E-state index is 12.7. The van der Waals surface area contributed by atoms with Gasteiger partial charge in [-0.3, -0.25) is 9.59 Å². The van der Waals surface area contributed by atoms with Crippen molar-refractivity contribution >= 4 is 11.8 Å². The van der Waals surface area contributed by atoms with Crippen LogP contribution in [0, 0.1) is 11.8 Å². The summed E-state index contributed by atoms with van der Waals surface area (Å²) < 4.78 is 0. The van der Waals surface area contributed by atoms with Crippen molar-refractivity contribution in [2.75, 3.05) is 19.6 Å². The Balaban J connectivity index is 1.62. The lowest BCUT2D eigenvalue weighted by Crippen LogP contribution is -2.56. The molecule has 0 spiro atoms. The van der Waals surface area contributed by atoms with Gasteiger partial charge in [-0.25, -0.2) is 0 Å². The van der Waals surface area contributed by atoms with Crippen LogP contribution in [0.5, 0.6) is 0 Å². The Kier molecular flexibility index (Phi) is 4.90. The molecule has 0 radical (unpaired) electrons. The van der Waals surface area contributed by atoms with Gasteiger partial charge in [0, 0.05) is 25.2 Å². The van der Waals surface area contributed by atoms with Crippen LogP contribution >= 0.6 is 0 Å². The van der Waals surface area contributed by atoms with Gasteiger partial charge in [0.25, 0.3) is 5.91 Å². The van der Waals surface area contributed by atoms with Gasteiger partial charge < -0.3 is 16.0 Å². The van der Waals surface area contributed by atoms with Crippen LogP contribution in [0.4, 0.5) is 0 Å². The Morgan fingerprint density at radius 2 is 1.96 bits per heavy atom. The van der Waals surface area contributed by atoms with Crippen molar-refractivity contribution in [3.05, 3.63) is 35.9 Å². The molecular formula is C19H27N3O2. The minimum absolute atomic E-state index is 0.0110. The van der Waals surface area contributed by atoms with Crippen molar-refractivity contribution in [1.82, 2.24) is 10.2 Å². The van der Waals surface area contributed by atoms with Gasteiger partial charge in [-0.05, 0) is 50.7 Å². The zero-order valence-corrected chi connectivity index (χ0v) is 14.3. The van der Waals surface area contributed by atoms with Gasteiger partial charge >= 0.3 is 0 Å². The number of piperidine rings is 1. The van der Waals surface area contributed by atoms with E-state index in [2.05, 4.69) is 5.32 Å². The Morgan fingerprint density at radius 3 is 2.58 bits per heavy atom. The highest BCUT2D eigenvalue weighted by Gasteiger charge is 2.42. The van der Waals surface area contributed by atoms with E-state index in [1.54, 1.807) is 4.90 Å². The molecule has 130 valence electrons. The fraction of sp³-hybridized carbons (Fsp3) is 0.579. The number of hydrogen-bond donors (Lipinski definition) is 2. The van der Waals surface area contributed by atoms with E-state index in [9.17, 15) is 9.59 Å². The van der Waals surface area contributed by atoms with E-state index in [1.165, 1.54) is 0 Å². The number of nitrogens with one attached hydrogen (secondary N) is 1. The Morgan fingerprint density at radius 1 is 1.25 bits per heavy atom. The molecule has 2 atom stereocenters. The molecule has 1 aromatic carbocycles. The predicted octanol–water partition coefficient (Wildman–Crippen LogP) is 1.78. The average Bonchev–Trinajstić information content (AvgIpc) is 3.47. The standard InChI is InChI=1S/C19H27N3O2/c1-19(13-20,16-9-10-16)21-17(23)15-8-5-11-22(12-15)18(24)14-6-3-2-4-7-14/h2-4,6-7,15-16H,5,8-13,20H2,1H3,(H,21,23). The smallest absolute Gasteiger partial charge is 0.253 e. The van der Waals surface area contributed by atoms with Crippen LogP contribution < -0.4 is 11.1 Å². The summed E-state index contributed by atoms with van der Waals surface area (Å²) in [5.41, 5.74) is 6.28. The number of hydrogen-bond acceptors (Lipinski definition) is 3. The lowest BCUT2D eigenvalue weighted by atomic mass is 9.91. The first-order chi connectivity index (χ1) is 11.5. The first-order valence-corrected chi connectivity index (χ1v) is 8.90. The zero-order valence-electron chi connectivity index (χ0n) is 14.3. The van der Waals surface area contributed by atoms with Gasteiger partial charge in [-0.15, -0.1) is 0 Å². The third-order valence-electron chi connectivity index (χ3n) is 5.41. The van der Waals surface area contributed by atoms with E-state index in [0.29, 0.717) is 31.1 Å². The molecule has 3 rings (SSSR count). The topological polar surface area (TPSA) is 75.4 Å². The Hall–Kier alpha value is -1.88. The minimum atomic E-state index is -0.303. The summed E-state index contributed by atoms with van der Waals surface area (Å²) in [6.07, 6.45) is 3.96. The summed E-state index contributed by atoms with van der Waals surface area (Å²) in [5, 5.41) is 3.17. The monoisotopic (exact) mass is 329 g/mol. The normalized spacial score (nSPS) is 23.4. The van der Waals surface area contributed by atoms with Crippen molar-refractivity contribution in [2.24, 2.45) is 17.6 Å². The molecule has 2 fully saturated rings. The highest BCUT2D eigenvalue weighted by atomic mass is 16.2. The molecule has 2 unspecified atom stereocenters. The van der Waals surface area contributed by atoms with Crippen LogP contribution in [0.2, 0.25) is 0 Å². The second-order valence-corrected chi connectivity index (χ2v) is 7.34. The maximum Gasteiger partial charge on any atom is 0.253 e. The van der Waals surface area contributed by atoms with Crippen LogP contribution in [-0.4, -0.2) is 41.9 Å². The molecule has 1 aromatic rings. The predicted molar refractivity (Wildman–Crippen MR) is 93.4 cm³/mol. The molecule has 1 saturated carbocycles. The van der Waals surface area contributed by atoms with Gasteiger partial charge in [-0.1, -0.05) is 18.2 Å². The molecule has 1 aliphatic carbocycles. The average molecular weight is 329 g/mol. The quantitative estimate of drug-likeness (QED) is 0.865. The largest absolute Gasteiger partial charge is 0.349 e. The second kappa shape index (κ2) is 6.93. The molecule has 3 N–H and O–H groups in total. The van der Waals surface area contributed by atoms with Crippen molar-refractivity contribution in [3.8, 4) is 0 Å². The van der Waals surface area contributed by atoms with Crippen LogP contribution in [0.15, 0.2) is 30.3 Å². The Labute approximate surface area is 143 Å². The number of rotatable bonds is 5. The van der Waals surface area contributed by atoms with E-state index < -0.39 is 0 Å². The number of benzene rings is 1. The summed E-state index contributed by atoms with van der Waals surface area (Å²) in [6.45, 7) is 3.71. The van der Waals surface area contributed by atoms with Crippen molar-refractivity contribution < 1.29 is 9.59 Å². The third kappa shape index (κ3) is 3.61. The summed E-state index contributed by atoms with van der Waals surface area (Å²) in [7, 11) is 0. The molecule has 1 saturated heterocycles.